The van der Waals surface area contributed by atoms with Gasteiger partial charge in [0.2, 0.25) is 0 Å². The largest absolute Gasteiger partial charge is 0.465 e. The summed E-state index contributed by atoms with van der Waals surface area (Å²) in [6.07, 6.45) is 12.1. The van der Waals surface area contributed by atoms with Crippen LogP contribution in [-0.4, -0.2) is 24.6 Å². The van der Waals surface area contributed by atoms with Crippen molar-refractivity contribution in [3.8, 4) is 0 Å². The minimum absolute atomic E-state index is 0.326. The highest BCUT2D eigenvalue weighted by Crippen LogP contribution is 2.10. The monoisotopic (exact) mass is 292 g/mol. The number of carbonyl (C=O) groups is 1. The molecule has 0 aromatic carbocycles. The Labute approximate surface area is 128 Å². The van der Waals surface area contributed by atoms with Crippen LogP contribution in [0.4, 0.5) is 5.82 Å². The molecule has 1 N–H and O–H groups in total. The lowest BCUT2D eigenvalue weighted by Gasteiger charge is -2.07. The van der Waals surface area contributed by atoms with E-state index >= 15 is 0 Å². The first kappa shape index (κ1) is 17.5. The fraction of sp³-hybridized carbons (Fsp3) is 0.647. The number of nitrogens with zero attached hydrogens (tertiary/aromatic N) is 1. The second kappa shape index (κ2) is 11.1. The molecule has 1 rings (SSSR count). The van der Waals surface area contributed by atoms with Gasteiger partial charge < -0.3 is 10.1 Å². The van der Waals surface area contributed by atoms with E-state index in [0.717, 1.165) is 18.8 Å². The molecule has 1 aromatic rings. The summed E-state index contributed by atoms with van der Waals surface area (Å²) in [5.74, 6) is 0.411. The van der Waals surface area contributed by atoms with Crippen LogP contribution in [0.5, 0.6) is 0 Å². The Morgan fingerprint density at radius 2 is 1.81 bits per heavy atom. The Hall–Kier alpha value is -1.58. The molecule has 21 heavy (non-hydrogen) atoms. The average Bonchev–Trinajstić information content (AvgIpc) is 2.53. The number of rotatable bonds is 11. The van der Waals surface area contributed by atoms with Crippen molar-refractivity contribution >= 4 is 11.8 Å². The van der Waals surface area contributed by atoms with Gasteiger partial charge in [0.05, 0.1) is 12.7 Å². The van der Waals surface area contributed by atoms with Gasteiger partial charge in [0.15, 0.2) is 0 Å². The number of ether oxygens (including phenoxy) is 1. The van der Waals surface area contributed by atoms with Crippen LogP contribution in [0.1, 0.15) is 68.6 Å². The first-order valence-corrected chi connectivity index (χ1v) is 8.06. The van der Waals surface area contributed by atoms with Crippen molar-refractivity contribution in [1.82, 2.24) is 4.98 Å². The summed E-state index contributed by atoms with van der Waals surface area (Å²) in [5, 5.41) is 3.26. The SMILES string of the molecule is CCCCCCCCCCNc1cc(C(=O)OC)ccn1. The minimum Gasteiger partial charge on any atom is -0.465 e. The molecule has 0 radical (unpaired) electrons. The van der Waals surface area contributed by atoms with Gasteiger partial charge in [-0.15, -0.1) is 0 Å². The van der Waals surface area contributed by atoms with E-state index in [4.69, 9.17) is 4.74 Å². The van der Waals surface area contributed by atoms with E-state index in [1.54, 1.807) is 18.3 Å². The molecule has 0 bridgehead atoms. The van der Waals surface area contributed by atoms with Gasteiger partial charge in [-0.3, -0.25) is 0 Å². The van der Waals surface area contributed by atoms with E-state index in [9.17, 15) is 4.79 Å². The van der Waals surface area contributed by atoms with Crippen LogP contribution < -0.4 is 5.32 Å². The summed E-state index contributed by atoms with van der Waals surface area (Å²) < 4.78 is 4.69. The lowest BCUT2D eigenvalue weighted by molar-refractivity contribution is 0.0600. The zero-order valence-corrected chi connectivity index (χ0v) is 13.4. The fourth-order valence-electron chi connectivity index (χ4n) is 2.25. The zero-order valence-electron chi connectivity index (χ0n) is 13.4. The van der Waals surface area contributed by atoms with E-state index in [2.05, 4.69) is 17.2 Å². The van der Waals surface area contributed by atoms with Gasteiger partial charge in [0, 0.05) is 12.7 Å². The third kappa shape index (κ3) is 7.69. The number of carbonyl (C=O) groups excluding carboxylic acids is 1. The second-order valence-electron chi connectivity index (χ2n) is 5.32. The van der Waals surface area contributed by atoms with Crippen LogP contribution in [-0.2, 0) is 4.74 Å². The maximum Gasteiger partial charge on any atom is 0.338 e. The van der Waals surface area contributed by atoms with Crippen molar-refractivity contribution in [2.24, 2.45) is 0 Å². The van der Waals surface area contributed by atoms with Crippen molar-refractivity contribution in [1.29, 1.82) is 0 Å². The Bertz CT molecular complexity index is 408. The Balaban J connectivity index is 2.11. The molecule has 1 aromatic heterocycles. The minimum atomic E-state index is -0.326. The summed E-state index contributed by atoms with van der Waals surface area (Å²) in [7, 11) is 1.39. The van der Waals surface area contributed by atoms with E-state index in [1.807, 2.05) is 0 Å². The molecule has 0 aliphatic heterocycles. The lowest BCUT2D eigenvalue weighted by atomic mass is 10.1. The molecular weight excluding hydrogens is 264 g/mol. The Kier molecular flexibility index (Phi) is 9.25. The van der Waals surface area contributed by atoms with Gasteiger partial charge in [-0.1, -0.05) is 51.9 Å². The number of unbranched alkanes of at least 4 members (excludes halogenated alkanes) is 7. The van der Waals surface area contributed by atoms with Gasteiger partial charge in [-0.05, 0) is 18.6 Å². The number of hydrogen-bond acceptors (Lipinski definition) is 4. The van der Waals surface area contributed by atoms with E-state index < -0.39 is 0 Å². The van der Waals surface area contributed by atoms with Crippen LogP contribution in [0.15, 0.2) is 18.3 Å². The van der Waals surface area contributed by atoms with Crippen molar-refractivity contribution in [3.05, 3.63) is 23.9 Å². The topological polar surface area (TPSA) is 51.2 Å². The lowest BCUT2D eigenvalue weighted by Crippen LogP contribution is -2.06. The molecule has 118 valence electrons. The molecule has 1 heterocycles. The third-order valence-electron chi connectivity index (χ3n) is 3.52. The fourth-order valence-corrected chi connectivity index (χ4v) is 2.25. The average molecular weight is 292 g/mol. The highest BCUT2D eigenvalue weighted by atomic mass is 16.5. The first-order chi connectivity index (χ1) is 10.3. The summed E-state index contributed by atoms with van der Waals surface area (Å²) >= 11 is 0. The maximum absolute atomic E-state index is 11.4. The van der Waals surface area contributed by atoms with Crippen LogP contribution in [0, 0.1) is 0 Å². The van der Waals surface area contributed by atoms with Gasteiger partial charge in [-0.2, -0.15) is 0 Å². The number of pyridine rings is 1. The molecule has 0 aliphatic rings. The highest BCUT2D eigenvalue weighted by molar-refractivity contribution is 5.89. The number of esters is 1. The molecular formula is C17H28N2O2. The van der Waals surface area contributed by atoms with Crippen LogP contribution in [0.25, 0.3) is 0 Å². The Morgan fingerprint density at radius 1 is 1.14 bits per heavy atom. The predicted molar refractivity (Wildman–Crippen MR) is 86.7 cm³/mol. The molecule has 0 saturated carbocycles. The smallest absolute Gasteiger partial charge is 0.338 e. The maximum atomic E-state index is 11.4. The number of nitrogens with one attached hydrogen (secondary N) is 1. The van der Waals surface area contributed by atoms with Gasteiger partial charge >= 0.3 is 5.97 Å². The molecule has 0 atom stereocenters. The van der Waals surface area contributed by atoms with E-state index in [0.29, 0.717) is 5.56 Å². The first-order valence-electron chi connectivity index (χ1n) is 8.06. The third-order valence-corrected chi connectivity index (χ3v) is 3.52. The molecule has 4 heteroatoms. The number of methoxy groups -OCH3 is 1. The van der Waals surface area contributed by atoms with Crippen molar-refractivity contribution in [3.63, 3.8) is 0 Å². The Morgan fingerprint density at radius 3 is 2.48 bits per heavy atom. The van der Waals surface area contributed by atoms with Gasteiger partial charge in [-0.25, -0.2) is 9.78 Å². The van der Waals surface area contributed by atoms with Crippen molar-refractivity contribution in [2.45, 2.75) is 58.3 Å². The van der Waals surface area contributed by atoms with Crippen LogP contribution in [0.3, 0.4) is 0 Å². The predicted octanol–water partition coefficient (Wildman–Crippen LogP) is 4.42. The normalized spacial score (nSPS) is 10.4. The molecule has 4 nitrogen and oxygen atoms in total. The van der Waals surface area contributed by atoms with Crippen molar-refractivity contribution in [2.75, 3.05) is 19.0 Å². The molecule has 0 aliphatic carbocycles. The summed E-state index contributed by atoms with van der Waals surface area (Å²) in [6, 6.07) is 3.39. The second-order valence-corrected chi connectivity index (χ2v) is 5.32. The number of anilines is 1. The number of aromatic nitrogens is 1. The summed E-state index contributed by atoms with van der Waals surface area (Å²) in [5.41, 5.74) is 0.533. The molecule has 0 spiro atoms. The standard InChI is InChI=1S/C17H28N2O2/c1-3-4-5-6-7-8-9-10-12-18-16-14-15(11-13-19-16)17(20)21-2/h11,13-14H,3-10,12H2,1-2H3,(H,18,19). The van der Waals surface area contributed by atoms with E-state index in [-0.39, 0.29) is 5.97 Å². The summed E-state index contributed by atoms with van der Waals surface area (Å²) in [4.78, 5) is 15.6. The highest BCUT2D eigenvalue weighted by Gasteiger charge is 2.05. The molecule has 0 saturated heterocycles. The van der Waals surface area contributed by atoms with Gasteiger partial charge in [0.1, 0.15) is 5.82 Å². The molecule has 0 amide bonds. The van der Waals surface area contributed by atoms with E-state index in [1.165, 1.54) is 52.1 Å². The molecule has 0 fully saturated rings. The number of hydrogen-bond donors (Lipinski definition) is 1. The van der Waals surface area contributed by atoms with Gasteiger partial charge in [0.25, 0.3) is 0 Å². The zero-order chi connectivity index (χ0) is 15.3. The molecule has 0 unspecified atom stereocenters. The van der Waals surface area contributed by atoms with Crippen LogP contribution >= 0.6 is 0 Å². The quantitative estimate of drug-likeness (QED) is 0.484. The van der Waals surface area contributed by atoms with Crippen molar-refractivity contribution < 1.29 is 9.53 Å². The summed E-state index contributed by atoms with van der Waals surface area (Å²) in [6.45, 7) is 3.14. The van der Waals surface area contributed by atoms with Crippen LogP contribution in [0.2, 0.25) is 0 Å².